The molecule has 0 unspecified atom stereocenters. The maximum Gasteiger partial charge on any atom is 0.200 e. The Hall–Kier alpha value is -5.62. The van der Waals surface area contributed by atoms with Gasteiger partial charge in [0.2, 0.25) is 0 Å². The molecule has 0 aliphatic rings. The lowest BCUT2D eigenvalue weighted by Crippen LogP contribution is -2.12. The highest BCUT2D eigenvalue weighted by atomic mass is 16.5. The van der Waals surface area contributed by atoms with Crippen molar-refractivity contribution in [3.05, 3.63) is 155 Å². The molecule has 6 heteroatoms. The van der Waals surface area contributed by atoms with Gasteiger partial charge in [0.05, 0.1) is 7.11 Å². The molecule has 0 aliphatic carbocycles. The second-order valence-electron chi connectivity index (χ2n) is 11.6. The molecule has 5 aromatic rings. The maximum absolute atomic E-state index is 13.1. The zero-order valence-electron chi connectivity index (χ0n) is 28.1. The Morgan fingerprint density at radius 1 is 0.633 bits per heavy atom. The number of ketones is 1. The maximum atomic E-state index is 13.1. The van der Waals surface area contributed by atoms with E-state index < -0.39 is 0 Å². The number of rotatable bonds is 18. The molecule has 0 aliphatic heterocycles. The molecule has 5 rings (SSSR count). The van der Waals surface area contributed by atoms with Crippen LogP contribution in [0.1, 0.15) is 65.2 Å². The number of carbonyl (C=O) groups excluding carboxylic acids is 2. The van der Waals surface area contributed by atoms with E-state index in [1.807, 2.05) is 84.9 Å². The van der Waals surface area contributed by atoms with E-state index in [1.54, 1.807) is 25.3 Å². The van der Waals surface area contributed by atoms with Gasteiger partial charge in [0.1, 0.15) is 24.7 Å². The Bertz CT molecular complexity index is 1810. The highest BCUT2D eigenvalue weighted by Crippen LogP contribution is 2.37. The van der Waals surface area contributed by atoms with E-state index in [0.29, 0.717) is 35.2 Å². The average molecular weight is 655 g/mol. The molecule has 0 amide bonds. The Labute approximate surface area is 288 Å². The first-order valence-electron chi connectivity index (χ1n) is 16.7. The van der Waals surface area contributed by atoms with Crippen molar-refractivity contribution in [1.82, 2.24) is 0 Å². The lowest BCUT2D eigenvalue weighted by molar-refractivity contribution is -0.109. The van der Waals surface area contributed by atoms with Crippen molar-refractivity contribution in [2.75, 3.05) is 20.3 Å². The molecule has 250 valence electrons. The number of allylic oxidation sites excluding steroid dienone is 1. The summed E-state index contributed by atoms with van der Waals surface area (Å²) in [6, 6.07) is 41.3. The van der Waals surface area contributed by atoms with E-state index in [1.165, 1.54) is 11.1 Å². The van der Waals surface area contributed by atoms with E-state index >= 15 is 0 Å². The summed E-state index contributed by atoms with van der Waals surface area (Å²) in [4.78, 5) is 24.0. The summed E-state index contributed by atoms with van der Waals surface area (Å²) in [5, 5.41) is 0. The lowest BCUT2D eigenvalue weighted by Gasteiger charge is -2.18. The van der Waals surface area contributed by atoms with Crippen molar-refractivity contribution in [3.8, 4) is 23.0 Å². The molecule has 0 atom stereocenters. The normalized spacial score (nSPS) is 11.3. The fourth-order valence-corrected chi connectivity index (χ4v) is 5.61. The molecule has 0 bridgehead atoms. The molecule has 0 radical (unpaired) electrons. The number of carbonyl (C=O) groups is 2. The van der Waals surface area contributed by atoms with Crippen molar-refractivity contribution in [2.45, 2.75) is 39.2 Å². The summed E-state index contributed by atoms with van der Waals surface area (Å²) < 4.78 is 23.0. The number of hydrogen-bond donors (Lipinski definition) is 0. The van der Waals surface area contributed by atoms with E-state index in [0.717, 1.165) is 54.2 Å². The van der Waals surface area contributed by atoms with Gasteiger partial charge in [-0.15, -0.1) is 0 Å². The highest BCUT2D eigenvalue weighted by Gasteiger charge is 2.16. The standard InChI is InChI=1S/C43H42O6/c1-3-4-7-16-39(33-14-10-6-11-15-33)43(34-17-22-37(23-18-34)47-28-27-44)35-19-24-38(25-20-35)48-31-40(45)36-21-26-41(42(29-36)46-2)49-30-32-12-8-5-9-13-32/h5-6,8-15,17-27,29H,3-4,7,16,28,30-31H2,1-2H3/b43-39+. The van der Waals surface area contributed by atoms with Crippen LogP contribution in [0.4, 0.5) is 0 Å². The minimum atomic E-state index is -0.170. The second-order valence-corrected chi connectivity index (χ2v) is 11.6. The highest BCUT2D eigenvalue weighted by molar-refractivity contribution is 5.99. The van der Waals surface area contributed by atoms with Gasteiger partial charge in [-0.2, -0.15) is 0 Å². The first kappa shape index (κ1) is 34.7. The zero-order chi connectivity index (χ0) is 34.3. The summed E-state index contributed by atoms with van der Waals surface area (Å²) >= 11 is 0. The summed E-state index contributed by atoms with van der Waals surface area (Å²) in [5.41, 5.74) is 7.14. The minimum Gasteiger partial charge on any atom is -0.493 e. The summed E-state index contributed by atoms with van der Waals surface area (Å²) in [6.45, 7) is 2.50. The summed E-state index contributed by atoms with van der Waals surface area (Å²) in [7, 11) is 1.56. The number of hydrogen-bond acceptors (Lipinski definition) is 6. The van der Waals surface area contributed by atoms with Crippen molar-refractivity contribution in [2.24, 2.45) is 0 Å². The van der Waals surface area contributed by atoms with E-state index in [2.05, 4.69) is 31.2 Å². The minimum absolute atomic E-state index is 0.0142. The molecule has 0 saturated heterocycles. The third-order valence-corrected chi connectivity index (χ3v) is 8.15. The predicted molar refractivity (Wildman–Crippen MR) is 195 cm³/mol. The lowest BCUT2D eigenvalue weighted by atomic mass is 9.87. The fraction of sp³-hybridized carbons (Fsp3) is 0.209. The van der Waals surface area contributed by atoms with Gasteiger partial charge in [-0.1, -0.05) is 105 Å². The zero-order valence-corrected chi connectivity index (χ0v) is 28.1. The van der Waals surface area contributed by atoms with Crippen LogP contribution in [-0.2, 0) is 11.4 Å². The van der Waals surface area contributed by atoms with Crippen molar-refractivity contribution >= 4 is 23.2 Å². The summed E-state index contributed by atoms with van der Waals surface area (Å²) in [6.07, 6.45) is 5.00. The molecule has 0 fully saturated rings. The van der Waals surface area contributed by atoms with Crippen LogP contribution in [0.2, 0.25) is 0 Å². The molecule has 0 N–H and O–H groups in total. The van der Waals surface area contributed by atoms with Gasteiger partial charge in [-0.05, 0) is 88.7 Å². The van der Waals surface area contributed by atoms with Gasteiger partial charge >= 0.3 is 0 Å². The van der Waals surface area contributed by atoms with Gasteiger partial charge in [0.25, 0.3) is 0 Å². The Kier molecular flexibility index (Phi) is 12.8. The molecule has 0 spiro atoms. The Balaban J connectivity index is 1.35. The van der Waals surface area contributed by atoms with Crippen LogP contribution in [0, 0.1) is 0 Å². The third-order valence-electron chi connectivity index (χ3n) is 8.15. The molecular formula is C43H42O6. The number of Topliss-reactive ketones (excluding diaryl/α,β-unsaturated/α-hetero) is 1. The third kappa shape index (κ3) is 9.71. The quantitative estimate of drug-likeness (QED) is 0.0406. The van der Waals surface area contributed by atoms with Crippen LogP contribution >= 0.6 is 0 Å². The van der Waals surface area contributed by atoms with Crippen molar-refractivity contribution in [1.29, 1.82) is 0 Å². The molecule has 6 nitrogen and oxygen atoms in total. The first-order chi connectivity index (χ1) is 24.1. The topological polar surface area (TPSA) is 71.1 Å². The smallest absolute Gasteiger partial charge is 0.200 e. The first-order valence-corrected chi connectivity index (χ1v) is 16.7. The molecule has 0 saturated carbocycles. The number of unbranched alkanes of at least 4 members (excludes halogenated alkanes) is 2. The van der Waals surface area contributed by atoms with Gasteiger partial charge in [-0.3, -0.25) is 9.59 Å². The van der Waals surface area contributed by atoms with Gasteiger partial charge < -0.3 is 18.9 Å². The van der Waals surface area contributed by atoms with E-state index in [9.17, 15) is 9.59 Å². The fourth-order valence-electron chi connectivity index (χ4n) is 5.61. The second kappa shape index (κ2) is 18.1. The van der Waals surface area contributed by atoms with Gasteiger partial charge in [0.15, 0.2) is 30.2 Å². The Morgan fingerprint density at radius 2 is 1.24 bits per heavy atom. The van der Waals surface area contributed by atoms with Crippen molar-refractivity contribution < 1.29 is 28.5 Å². The van der Waals surface area contributed by atoms with Crippen LogP contribution in [-0.4, -0.2) is 32.4 Å². The van der Waals surface area contributed by atoms with Crippen LogP contribution < -0.4 is 18.9 Å². The average Bonchev–Trinajstić information content (AvgIpc) is 3.16. The van der Waals surface area contributed by atoms with E-state index in [-0.39, 0.29) is 19.0 Å². The molecule has 5 aromatic carbocycles. The van der Waals surface area contributed by atoms with Crippen LogP contribution in [0.15, 0.2) is 127 Å². The van der Waals surface area contributed by atoms with Crippen LogP contribution in [0.5, 0.6) is 23.0 Å². The van der Waals surface area contributed by atoms with E-state index in [4.69, 9.17) is 18.9 Å². The van der Waals surface area contributed by atoms with Crippen LogP contribution in [0.25, 0.3) is 11.1 Å². The molecule has 49 heavy (non-hydrogen) atoms. The largest absolute Gasteiger partial charge is 0.493 e. The SMILES string of the molecule is CCCCC/C(=C(/c1ccc(OCC=O)cc1)c1ccc(OCC(=O)c2ccc(OCc3ccccc3)c(OC)c2)cc1)c1ccccc1. The summed E-state index contributed by atoms with van der Waals surface area (Å²) in [5.74, 6) is 2.12. The van der Waals surface area contributed by atoms with Crippen molar-refractivity contribution in [3.63, 3.8) is 0 Å². The number of methoxy groups -OCH3 is 1. The predicted octanol–water partition coefficient (Wildman–Crippen LogP) is 9.65. The Morgan fingerprint density at radius 3 is 1.86 bits per heavy atom. The van der Waals surface area contributed by atoms with Crippen LogP contribution in [0.3, 0.4) is 0 Å². The number of aldehydes is 1. The number of benzene rings is 5. The molecular weight excluding hydrogens is 612 g/mol. The molecule has 0 aromatic heterocycles. The van der Waals surface area contributed by atoms with Gasteiger partial charge in [0, 0.05) is 5.56 Å². The molecule has 0 heterocycles. The monoisotopic (exact) mass is 654 g/mol. The number of ether oxygens (including phenoxy) is 4. The van der Waals surface area contributed by atoms with Gasteiger partial charge in [-0.25, -0.2) is 0 Å².